The average Bonchev–Trinajstić information content (AvgIpc) is 3.10. The van der Waals surface area contributed by atoms with Crippen LogP contribution in [0.3, 0.4) is 0 Å². The lowest BCUT2D eigenvalue weighted by atomic mass is 9.98. The number of ether oxygens (including phenoxy) is 5. The first-order chi connectivity index (χ1) is 23.8. The molecule has 3 aromatic carbocycles. The number of non-ortho nitro benzene ring substituents is 1. The van der Waals surface area contributed by atoms with Gasteiger partial charge in [0.15, 0.2) is 12.3 Å². The number of nitro benzene ring substituents is 1. The third-order valence-electron chi connectivity index (χ3n) is 7.27. The summed E-state index contributed by atoms with van der Waals surface area (Å²) in [7, 11) is 0. The van der Waals surface area contributed by atoms with Gasteiger partial charge in [0, 0.05) is 18.6 Å². The fourth-order valence-electron chi connectivity index (χ4n) is 4.74. The van der Waals surface area contributed by atoms with Gasteiger partial charge in [0.1, 0.15) is 19.3 Å². The molecule has 1 fully saturated rings. The second kappa shape index (κ2) is 17.2. The number of halogens is 3. The van der Waals surface area contributed by atoms with Gasteiger partial charge in [-0.1, -0.05) is 60.7 Å². The molecule has 4 rings (SSSR count). The number of amides is 2. The zero-order valence-corrected chi connectivity index (χ0v) is 26.4. The molecular weight excluding hydrogens is 671 g/mol. The van der Waals surface area contributed by atoms with Gasteiger partial charge >= 0.3 is 30.1 Å². The lowest BCUT2D eigenvalue weighted by molar-refractivity contribution is -0.384. The van der Waals surface area contributed by atoms with E-state index < -0.39 is 78.6 Å². The Morgan fingerprint density at radius 1 is 0.920 bits per heavy atom. The van der Waals surface area contributed by atoms with Crippen molar-refractivity contribution < 1.29 is 61.0 Å². The Bertz CT molecular complexity index is 1630. The van der Waals surface area contributed by atoms with Crippen LogP contribution in [0.15, 0.2) is 84.9 Å². The molecule has 2 N–H and O–H groups in total. The highest BCUT2D eigenvalue weighted by molar-refractivity contribution is 5.90. The van der Waals surface area contributed by atoms with Crippen LogP contribution in [0.4, 0.5) is 23.7 Å². The number of hydrogen-bond donors (Lipinski definition) is 2. The predicted octanol–water partition coefficient (Wildman–Crippen LogP) is 4.36. The standard InChI is InChI=1S/C33H32F3N3O11/c1-20-28(50-29(40)23-12-14-24(15-13-23)39(44)45)25(37-31(42)33(34,35)36)16-27(49-20)46-19-26(30(41)47-17-21-8-4-2-5-9-21)38-32(43)48-18-22-10-6-3-7-11-22/h2-15,20,25-28H,16-19H2,1H3,(H,37,42)(H,38,43)/t20-,25-,26-,27+,28-/m0/s1. The SMILES string of the molecule is C[C@@H]1O[C@@H](OC[C@H](NC(=O)OCc2ccccc2)C(=O)OCc2ccccc2)C[C@H](NC(=O)C(F)(F)F)[C@H]1OC(=O)c1ccc([N+](=O)[O-])cc1. The van der Waals surface area contributed by atoms with Gasteiger partial charge in [-0.05, 0) is 30.2 Å². The number of nitrogens with zero attached hydrogens (tertiary/aromatic N) is 1. The minimum Gasteiger partial charge on any atom is -0.459 e. The Kier molecular flexibility index (Phi) is 12.8. The minimum absolute atomic E-state index is 0.122. The fourth-order valence-corrected chi connectivity index (χ4v) is 4.74. The van der Waals surface area contributed by atoms with Crippen molar-refractivity contribution in [3.63, 3.8) is 0 Å². The summed E-state index contributed by atoms with van der Waals surface area (Å²) in [6.45, 7) is 0.476. The van der Waals surface area contributed by atoms with E-state index in [0.29, 0.717) is 11.1 Å². The summed E-state index contributed by atoms with van der Waals surface area (Å²) in [5, 5.41) is 15.1. The van der Waals surface area contributed by atoms with E-state index in [9.17, 15) is 42.5 Å². The van der Waals surface area contributed by atoms with Crippen LogP contribution >= 0.6 is 0 Å². The summed E-state index contributed by atoms with van der Waals surface area (Å²) in [5.41, 5.74) is 0.855. The summed E-state index contributed by atoms with van der Waals surface area (Å²) < 4.78 is 67.1. The number of hydrogen-bond acceptors (Lipinski definition) is 11. The van der Waals surface area contributed by atoms with Gasteiger partial charge < -0.3 is 34.3 Å². The molecule has 0 unspecified atom stereocenters. The van der Waals surface area contributed by atoms with E-state index in [4.69, 9.17) is 23.7 Å². The van der Waals surface area contributed by atoms with E-state index in [0.717, 1.165) is 24.3 Å². The molecule has 0 spiro atoms. The van der Waals surface area contributed by atoms with Crippen molar-refractivity contribution in [2.24, 2.45) is 0 Å². The summed E-state index contributed by atoms with van der Waals surface area (Å²) in [6.07, 6.45) is -10.8. The largest absolute Gasteiger partial charge is 0.471 e. The normalized spacial score (nSPS) is 19.4. The Morgan fingerprint density at radius 2 is 1.50 bits per heavy atom. The smallest absolute Gasteiger partial charge is 0.459 e. The average molecular weight is 704 g/mol. The van der Waals surface area contributed by atoms with E-state index in [1.54, 1.807) is 66.0 Å². The predicted molar refractivity (Wildman–Crippen MR) is 165 cm³/mol. The quantitative estimate of drug-likeness (QED) is 0.112. The van der Waals surface area contributed by atoms with Gasteiger partial charge in [-0.2, -0.15) is 13.2 Å². The minimum atomic E-state index is -5.29. The monoisotopic (exact) mass is 703 g/mol. The van der Waals surface area contributed by atoms with E-state index in [1.807, 2.05) is 0 Å². The molecule has 0 aromatic heterocycles. The van der Waals surface area contributed by atoms with Crippen LogP contribution in [-0.4, -0.2) is 72.2 Å². The first-order valence-electron chi connectivity index (χ1n) is 15.1. The third kappa shape index (κ3) is 11.0. The lowest BCUT2D eigenvalue weighted by Gasteiger charge is -2.40. The highest BCUT2D eigenvalue weighted by Gasteiger charge is 2.46. The zero-order chi connectivity index (χ0) is 36.3. The molecule has 1 heterocycles. The summed E-state index contributed by atoms with van der Waals surface area (Å²) >= 11 is 0. The highest BCUT2D eigenvalue weighted by atomic mass is 19.4. The van der Waals surface area contributed by atoms with Crippen molar-refractivity contribution in [3.8, 4) is 0 Å². The molecular formula is C33H32F3N3O11. The molecule has 0 bridgehead atoms. The second-order valence-electron chi connectivity index (χ2n) is 10.9. The number of carbonyl (C=O) groups is 4. The number of esters is 2. The second-order valence-corrected chi connectivity index (χ2v) is 10.9. The van der Waals surface area contributed by atoms with Crippen LogP contribution < -0.4 is 10.6 Å². The van der Waals surface area contributed by atoms with E-state index in [2.05, 4.69) is 5.32 Å². The Morgan fingerprint density at radius 3 is 2.06 bits per heavy atom. The lowest BCUT2D eigenvalue weighted by Crippen LogP contribution is -2.59. The molecule has 0 saturated carbocycles. The number of nitrogens with one attached hydrogen (secondary N) is 2. The first kappa shape index (κ1) is 37.3. The fraction of sp³-hybridized carbons (Fsp3) is 0.333. The first-order valence-corrected chi connectivity index (χ1v) is 15.1. The number of benzene rings is 3. The highest BCUT2D eigenvalue weighted by Crippen LogP contribution is 2.27. The molecule has 50 heavy (non-hydrogen) atoms. The molecule has 1 aliphatic heterocycles. The van der Waals surface area contributed by atoms with Crippen LogP contribution in [-0.2, 0) is 46.5 Å². The number of alkyl carbamates (subject to hydrolysis) is 1. The topological polar surface area (TPSA) is 182 Å². The van der Waals surface area contributed by atoms with Crippen LogP contribution in [0.5, 0.6) is 0 Å². The van der Waals surface area contributed by atoms with Crippen molar-refractivity contribution in [3.05, 3.63) is 112 Å². The molecule has 0 aliphatic carbocycles. The number of alkyl halides is 3. The van der Waals surface area contributed by atoms with E-state index in [1.165, 1.54) is 6.92 Å². The molecule has 0 radical (unpaired) electrons. The maximum Gasteiger partial charge on any atom is 0.471 e. The Labute approximate surface area is 282 Å². The number of rotatable bonds is 13. The van der Waals surface area contributed by atoms with Crippen LogP contribution in [0.25, 0.3) is 0 Å². The maximum atomic E-state index is 13.2. The summed E-state index contributed by atoms with van der Waals surface area (Å²) in [4.78, 5) is 60.7. The molecule has 17 heteroatoms. The zero-order valence-electron chi connectivity index (χ0n) is 26.4. The molecule has 3 aromatic rings. The van der Waals surface area contributed by atoms with Crippen LogP contribution in [0.1, 0.15) is 34.8 Å². The van der Waals surface area contributed by atoms with Gasteiger partial charge in [-0.25, -0.2) is 14.4 Å². The van der Waals surface area contributed by atoms with E-state index in [-0.39, 0.29) is 24.5 Å². The molecule has 14 nitrogen and oxygen atoms in total. The van der Waals surface area contributed by atoms with E-state index >= 15 is 0 Å². The van der Waals surface area contributed by atoms with Crippen LogP contribution in [0.2, 0.25) is 0 Å². The van der Waals surface area contributed by atoms with Gasteiger partial charge in [-0.3, -0.25) is 14.9 Å². The van der Waals surface area contributed by atoms with Crippen molar-refractivity contribution in [2.45, 2.75) is 63.3 Å². The van der Waals surface area contributed by atoms with Gasteiger partial charge in [-0.15, -0.1) is 0 Å². The molecule has 5 atom stereocenters. The van der Waals surface area contributed by atoms with Crippen LogP contribution in [0, 0.1) is 10.1 Å². The van der Waals surface area contributed by atoms with Crippen molar-refractivity contribution >= 4 is 29.6 Å². The van der Waals surface area contributed by atoms with Crippen molar-refractivity contribution in [1.82, 2.24) is 10.6 Å². The maximum absolute atomic E-state index is 13.2. The van der Waals surface area contributed by atoms with Gasteiger partial charge in [0.2, 0.25) is 0 Å². The van der Waals surface area contributed by atoms with Crippen molar-refractivity contribution in [2.75, 3.05) is 6.61 Å². The Hall–Kier alpha value is -5.55. The van der Waals surface area contributed by atoms with Gasteiger partial charge in [0.05, 0.1) is 29.2 Å². The summed E-state index contributed by atoms with van der Waals surface area (Å²) in [6, 6.07) is 18.6. The molecule has 1 saturated heterocycles. The van der Waals surface area contributed by atoms with Crippen molar-refractivity contribution in [1.29, 1.82) is 0 Å². The Balaban J connectivity index is 1.45. The number of carbonyl (C=O) groups excluding carboxylic acids is 4. The third-order valence-corrected chi connectivity index (χ3v) is 7.27. The van der Waals surface area contributed by atoms with Gasteiger partial charge in [0.25, 0.3) is 5.69 Å². The summed E-state index contributed by atoms with van der Waals surface area (Å²) in [5.74, 6) is -4.30. The molecule has 266 valence electrons. The molecule has 2 amide bonds. The number of nitro groups is 1. The molecule has 1 aliphatic rings.